The summed E-state index contributed by atoms with van der Waals surface area (Å²) in [6.07, 6.45) is 0. The minimum absolute atomic E-state index is 0.517. The SMILES string of the molecule is Cc1ccccc1-c1cccc(CCl)c1-c1ccccc1C. The van der Waals surface area contributed by atoms with E-state index in [-0.39, 0.29) is 0 Å². The Kier molecular flexibility index (Phi) is 4.31. The summed E-state index contributed by atoms with van der Waals surface area (Å²) in [6, 6.07) is 23.4. The molecule has 0 amide bonds. The van der Waals surface area contributed by atoms with Gasteiger partial charge in [-0.3, -0.25) is 0 Å². The maximum atomic E-state index is 6.23. The van der Waals surface area contributed by atoms with Crippen molar-refractivity contribution in [3.63, 3.8) is 0 Å². The quantitative estimate of drug-likeness (QED) is 0.493. The molecule has 0 fully saturated rings. The topological polar surface area (TPSA) is 0 Å². The van der Waals surface area contributed by atoms with Crippen LogP contribution in [0.3, 0.4) is 0 Å². The van der Waals surface area contributed by atoms with Crippen molar-refractivity contribution in [2.45, 2.75) is 19.7 Å². The third-order valence-corrected chi connectivity index (χ3v) is 4.43. The van der Waals surface area contributed by atoms with Gasteiger partial charge in [-0.25, -0.2) is 0 Å². The zero-order chi connectivity index (χ0) is 15.5. The fraction of sp³-hybridized carbons (Fsp3) is 0.143. The Hall–Kier alpha value is -2.05. The Bertz CT molecular complexity index is 803. The molecule has 1 heteroatoms. The number of rotatable bonds is 3. The Morgan fingerprint density at radius 1 is 0.636 bits per heavy atom. The maximum absolute atomic E-state index is 6.23. The third-order valence-electron chi connectivity index (χ3n) is 4.14. The molecule has 110 valence electrons. The molecule has 3 rings (SSSR count). The second kappa shape index (κ2) is 6.37. The second-order valence-electron chi connectivity index (χ2n) is 5.60. The average Bonchev–Trinajstić information content (AvgIpc) is 2.55. The van der Waals surface area contributed by atoms with Gasteiger partial charge in [0.1, 0.15) is 0 Å². The van der Waals surface area contributed by atoms with Crippen LogP contribution in [0.1, 0.15) is 16.7 Å². The lowest BCUT2D eigenvalue weighted by Gasteiger charge is -2.17. The van der Waals surface area contributed by atoms with Crippen LogP contribution in [-0.4, -0.2) is 0 Å². The van der Waals surface area contributed by atoms with E-state index in [0.29, 0.717) is 5.88 Å². The predicted octanol–water partition coefficient (Wildman–Crippen LogP) is 6.38. The standard InChI is InChI=1S/C21H19Cl/c1-15-8-3-5-11-18(15)20-13-7-10-17(14-22)21(20)19-12-6-4-9-16(19)2/h3-13H,14H2,1-2H3. The van der Waals surface area contributed by atoms with Gasteiger partial charge in [0.2, 0.25) is 0 Å². The summed E-state index contributed by atoms with van der Waals surface area (Å²) in [5.74, 6) is 0.517. The highest BCUT2D eigenvalue weighted by atomic mass is 35.5. The van der Waals surface area contributed by atoms with E-state index in [1.54, 1.807) is 0 Å². The van der Waals surface area contributed by atoms with Crippen LogP contribution in [0.2, 0.25) is 0 Å². The first-order valence-electron chi connectivity index (χ1n) is 7.52. The van der Waals surface area contributed by atoms with Crippen LogP contribution in [0.15, 0.2) is 66.7 Å². The van der Waals surface area contributed by atoms with E-state index < -0.39 is 0 Å². The molecule has 0 N–H and O–H groups in total. The lowest BCUT2D eigenvalue weighted by molar-refractivity contribution is 1.36. The highest BCUT2D eigenvalue weighted by Gasteiger charge is 2.14. The van der Waals surface area contributed by atoms with Crippen molar-refractivity contribution < 1.29 is 0 Å². The molecule has 0 heterocycles. The molecule has 0 spiro atoms. The monoisotopic (exact) mass is 306 g/mol. The normalized spacial score (nSPS) is 10.7. The van der Waals surface area contributed by atoms with E-state index in [1.165, 1.54) is 38.9 Å². The lowest BCUT2D eigenvalue weighted by atomic mass is 9.87. The molecule has 0 aliphatic rings. The van der Waals surface area contributed by atoms with Gasteiger partial charge in [-0.05, 0) is 52.8 Å². The summed E-state index contributed by atoms with van der Waals surface area (Å²) in [5, 5.41) is 0. The largest absolute Gasteiger partial charge is 0.122 e. The highest BCUT2D eigenvalue weighted by molar-refractivity contribution is 6.17. The summed E-state index contributed by atoms with van der Waals surface area (Å²) >= 11 is 6.23. The van der Waals surface area contributed by atoms with Crippen molar-refractivity contribution >= 4 is 11.6 Å². The van der Waals surface area contributed by atoms with E-state index in [2.05, 4.69) is 80.6 Å². The molecule has 0 saturated heterocycles. The Morgan fingerprint density at radius 3 is 1.77 bits per heavy atom. The fourth-order valence-corrected chi connectivity index (χ4v) is 3.21. The van der Waals surface area contributed by atoms with Gasteiger partial charge in [-0.15, -0.1) is 11.6 Å². The van der Waals surface area contributed by atoms with E-state index in [4.69, 9.17) is 11.6 Å². The molecule has 0 saturated carbocycles. The van der Waals surface area contributed by atoms with Gasteiger partial charge in [0.25, 0.3) is 0 Å². The lowest BCUT2D eigenvalue weighted by Crippen LogP contribution is -1.94. The van der Waals surface area contributed by atoms with Crippen molar-refractivity contribution in [3.8, 4) is 22.3 Å². The molecule has 3 aromatic carbocycles. The smallest absolute Gasteiger partial charge is 0.0480 e. The minimum atomic E-state index is 0.517. The first-order chi connectivity index (χ1) is 10.7. The molecule has 0 atom stereocenters. The summed E-state index contributed by atoms with van der Waals surface area (Å²) < 4.78 is 0. The first kappa shape index (κ1) is 14.9. The molecule has 0 unspecified atom stereocenters. The van der Waals surface area contributed by atoms with Gasteiger partial charge in [0, 0.05) is 5.88 Å². The molecule has 0 radical (unpaired) electrons. The molecular weight excluding hydrogens is 288 g/mol. The van der Waals surface area contributed by atoms with E-state index >= 15 is 0 Å². The zero-order valence-corrected chi connectivity index (χ0v) is 13.7. The van der Waals surface area contributed by atoms with Gasteiger partial charge >= 0.3 is 0 Å². The Labute approximate surface area is 137 Å². The van der Waals surface area contributed by atoms with Crippen LogP contribution in [0.25, 0.3) is 22.3 Å². The van der Waals surface area contributed by atoms with Gasteiger partial charge in [-0.1, -0.05) is 66.7 Å². The van der Waals surface area contributed by atoms with Crippen LogP contribution >= 0.6 is 11.6 Å². The second-order valence-corrected chi connectivity index (χ2v) is 5.87. The van der Waals surface area contributed by atoms with Crippen molar-refractivity contribution in [1.82, 2.24) is 0 Å². The maximum Gasteiger partial charge on any atom is 0.0480 e. The first-order valence-corrected chi connectivity index (χ1v) is 8.05. The predicted molar refractivity (Wildman–Crippen MR) is 96.3 cm³/mol. The highest BCUT2D eigenvalue weighted by Crippen LogP contribution is 2.38. The summed E-state index contributed by atoms with van der Waals surface area (Å²) in [6.45, 7) is 4.31. The number of halogens is 1. The van der Waals surface area contributed by atoms with E-state index in [9.17, 15) is 0 Å². The number of hydrogen-bond donors (Lipinski definition) is 0. The fourth-order valence-electron chi connectivity index (χ4n) is 2.98. The van der Waals surface area contributed by atoms with Crippen molar-refractivity contribution in [3.05, 3.63) is 83.4 Å². The van der Waals surface area contributed by atoms with Crippen LogP contribution < -0.4 is 0 Å². The van der Waals surface area contributed by atoms with Crippen LogP contribution in [-0.2, 0) is 5.88 Å². The van der Waals surface area contributed by atoms with Crippen LogP contribution in [0, 0.1) is 13.8 Å². The number of hydrogen-bond acceptors (Lipinski definition) is 0. The zero-order valence-electron chi connectivity index (χ0n) is 12.9. The summed E-state index contributed by atoms with van der Waals surface area (Å²) in [4.78, 5) is 0. The van der Waals surface area contributed by atoms with Crippen molar-refractivity contribution in [2.24, 2.45) is 0 Å². The number of aryl methyl sites for hydroxylation is 2. The molecule has 3 aromatic rings. The molecule has 0 aliphatic heterocycles. The molecule has 0 aromatic heterocycles. The van der Waals surface area contributed by atoms with Crippen molar-refractivity contribution in [1.29, 1.82) is 0 Å². The van der Waals surface area contributed by atoms with Gasteiger partial charge in [0.15, 0.2) is 0 Å². The third kappa shape index (κ3) is 2.67. The van der Waals surface area contributed by atoms with Gasteiger partial charge in [0.05, 0.1) is 0 Å². The molecular formula is C21H19Cl. The van der Waals surface area contributed by atoms with Gasteiger partial charge in [-0.2, -0.15) is 0 Å². The van der Waals surface area contributed by atoms with E-state index in [1.807, 2.05) is 0 Å². The van der Waals surface area contributed by atoms with Gasteiger partial charge < -0.3 is 0 Å². The average molecular weight is 307 g/mol. The number of benzene rings is 3. The van der Waals surface area contributed by atoms with Crippen LogP contribution in [0.4, 0.5) is 0 Å². The van der Waals surface area contributed by atoms with E-state index in [0.717, 1.165) is 0 Å². The number of alkyl halides is 1. The Morgan fingerprint density at radius 2 is 1.18 bits per heavy atom. The Balaban J connectivity index is 2.34. The molecule has 0 nitrogen and oxygen atoms in total. The molecule has 0 bridgehead atoms. The van der Waals surface area contributed by atoms with Crippen LogP contribution in [0.5, 0.6) is 0 Å². The minimum Gasteiger partial charge on any atom is -0.122 e. The molecule has 0 aliphatic carbocycles. The molecule has 22 heavy (non-hydrogen) atoms. The van der Waals surface area contributed by atoms with Crippen molar-refractivity contribution in [2.75, 3.05) is 0 Å². The summed E-state index contributed by atoms with van der Waals surface area (Å²) in [5.41, 5.74) is 8.77. The summed E-state index contributed by atoms with van der Waals surface area (Å²) in [7, 11) is 0.